The number of aromatic nitrogens is 2. The van der Waals surface area contributed by atoms with E-state index in [0.29, 0.717) is 12.2 Å². The van der Waals surface area contributed by atoms with E-state index in [4.69, 9.17) is 0 Å². The molecule has 0 spiro atoms. The van der Waals surface area contributed by atoms with Crippen molar-refractivity contribution in [2.45, 2.75) is 19.4 Å². The molecule has 2 aromatic heterocycles. The summed E-state index contributed by atoms with van der Waals surface area (Å²) in [6.07, 6.45) is 2.34. The maximum Gasteiger partial charge on any atom is 0.320 e. The van der Waals surface area contributed by atoms with E-state index in [-0.39, 0.29) is 12.1 Å². The number of anilines is 1. The number of amides is 2. The second-order valence-corrected chi connectivity index (χ2v) is 6.11. The summed E-state index contributed by atoms with van der Waals surface area (Å²) in [6.45, 7) is 1.96. The van der Waals surface area contributed by atoms with Gasteiger partial charge in [-0.15, -0.1) is 11.3 Å². The highest BCUT2D eigenvalue weighted by Gasteiger charge is 2.11. The first kappa shape index (κ1) is 14.5. The Morgan fingerprint density at radius 1 is 1.23 bits per heavy atom. The molecule has 0 bridgehead atoms. The average molecular weight is 312 g/mol. The Hall–Kier alpha value is -2.47. The van der Waals surface area contributed by atoms with E-state index in [1.807, 2.05) is 31.2 Å². The predicted octanol–water partition coefficient (Wildman–Crippen LogP) is 3.44. The van der Waals surface area contributed by atoms with Crippen LogP contribution in [0.5, 0.6) is 0 Å². The average Bonchev–Trinajstić information content (AvgIpc) is 2.89. The van der Waals surface area contributed by atoms with Crippen molar-refractivity contribution in [3.8, 4) is 0 Å². The number of benzene rings is 1. The monoisotopic (exact) mass is 312 g/mol. The molecule has 2 amide bonds. The molecule has 0 aliphatic rings. The first-order chi connectivity index (χ1) is 10.7. The van der Waals surface area contributed by atoms with Gasteiger partial charge in [-0.3, -0.25) is 5.32 Å². The third-order valence-electron chi connectivity index (χ3n) is 3.10. The van der Waals surface area contributed by atoms with Gasteiger partial charge in [0, 0.05) is 18.7 Å². The Kier molecular flexibility index (Phi) is 4.29. The molecule has 2 N–H and O–H groups in total. The molecule has 3 rings (SSSR count). The molecule has 0 fully saturated rings. The largest absolute Gasteiger partial charge is 0.335 e. The molecule has 112 valence electrons. The number of para-hydroxylation sites is 1. The number of hydrogen-bond donors (Lipinski definition) is 2. The Balaban J connectivity index is 1.57. The van der Waals surface area contributed by atoms with Crippen molar-refractivity contribution in [3.63, 3.8) is 0 Å². The standard InChI is InChI=1S/C16H16N4OS/c1-11(18-16(21)20-14-8-4-5-9-17-14)10-15-19-12-6-2-3-7-13(12)22-15/h2-9,11H,10H2,1H3,(H2,17,18,20,21). The van der Waals surface area contributed by atoms with E-state index >= 15 is 0 Å². The fraction of sp³-hybridized carbons (Fsp3) is 0.188. The lowest BCUT2D eigenvalue weighted by Gasteiger charge is -2.12. The van der Waals surface area contributed by atoms with Crippen LogP contribution in [0.1, 0.15) is 11.9 Å². The van der Waals surface area contributed by atoms with Crippen LogP contribution >= 0.6 is 11.3 Å². The molecule has 1 aromatic carbocycles. The number of carbonyl (C=O) groups excluding carboxylic acids is 1. The maximum atomic E-state index is 11.9. The fourth-order valence-corrected chi connectivity index (χ4v) is 3.23. The molecule has 3 aromatic rings. The molecular weight excluding hydrogens is 296 g/mol. The van der Waals surface area contributed by atoms with Crippen molar-refractivity contribution in [3.05, 3.63) is 53.7 Å². The van der Waals surface area contributed by atoms with Gasteiger partial charge in [-0.25, -0.2) is 14.8 Å². The lowest BCUT2D eigenvalue weighted by atomic mass is 10.2. The summed E-state index contributed by atoms with van der Waals surface area (Å²) >= 11 is 1.66. The summed E-state index contributed by atoms with van der Waals surface area (Å²) in [5.41, 5.74) is 1.01. The quantitative estimate of drug-likeness (QED) is 0.775. The van der Waals surface area contributed by atoms with Crippen molar-refractivity contribution in [1.82, 2.24) is 15.3 Å². The number of nitrogens with one attached hydrogen (secondary N) is 2. The van der Waals surface area contributed by atoms with Crippen LogP contribution in [0.3, 0.4) is 0 Å². The molecular formula is C16H16N4OS. The second-order valence-electron chi connectivity index (χ2n) is 4.99. The summed E-state index contributed by atoms with van der Waals surface area (Å²) in [5.74, 6) is 0.534. The van der Waals surface area contributed by atoms with E-state index in [9.17, 15) is 4.79 Å². The van der Waals surface area contributed by atoms with Crippen LogP contribution in [0, 0.1) is 0 Å². The molecule has 22 heavy (non-hydrogen) atoms. The SMILES string of the molecule is CC(Cc1nc2ccccc2s1)NC(=O)Nc1ccccn1. The van der Waals surface area contributed by atoms with E-state index in [1.165, 1.54) is 4.70 Å². The summed E-state index contributed by atoms with van der Waals surface area (Å²) in [5, 5.41) is 6.63. The van der Waals surface area contributed by atoms with Crippen molar-refractivity contribution >= 4 is 33.4 Å². The maximum absolute atomic E-state index is 11.9. The first-order valence-corrected chi connectivity index (χ1v) is 7.85. The number of pyridine rings is 1. The lowest BCUT2D eigenvalue weighted by Crippen LogP contribution is -2.37. The van der Waals surface area contributed by atoms with Gasteiger partial charge in [0.05, 0.1) is 15.2 Å². The van der Waals surface area contributed by atoms with Crippen LogP contribution in [0.2, 0.25) is 0 Å². The Bertz CT molecular complexity index is 739. The molecule has 0 aliphatic carbocycles. The molecule has 0 saturated heterocycles. The normalized spacial score (nSPS) is 12.0. The van der Waals surface area contributed by atoms with Gasteiger partial charge in [0.2, 0.25) is 0 Å². The summed E-state index contributed by atoms with van der Waals surface area (Å²) in [7, 11) is 0. The van der Waals surface area contributed by atoms with Gasteiger partial charge in [0.25, 0.3) is 0 Å². The first-order valence-electron chi connectivity index (χ1n) is 7.04. The highest BCUT2D eigenvalue weighted by Crippen LogP contribution is 2.22. The fourth-order valence-electron chi connectivity index (χ4n) is 2.13. The van der Waals surface area contributed by atoms with Crippen LogP contribution in [0.25, 0.3) is 10.2 Å². The smallest absolute Gasteiger partial charge is 0.320 e. The van der Waals surface area contributed by atoms with E-state index < -0.39 is 0 Å². The zero-order chi connectivity index (χ0) is 15.4. The Morgan fingerprint density at radius 3 is 2.82 bits per heavy atom. The number of rotatable bonds is 4. The number of nitrogens with zero attached hydrogens (tertiary/aromatic N) is 2. The Labute approximate surface area is 132 Å². The van der Waals surface area contributed by atoms with Gasteiger partial charge in [0.1, 0.15) is 5.82 Å². The number of thiazole rings is 1. The molecule has 1 atom stereocenters. The molecule has 2 heterocycles. The van der Waals surface area contributed by atoms with Gasteiger partial charge >= 0.3 is 6.03 Å². The third-order valence-corrected chi connectivity index (χ3v) is 4.16. The number of carbonyl (C=O) groups is 1. The summed E-state index contributed by atoms with van der Waals surface area (Å²) in [4.78, 5) is 20.5. The highest BCUT2D eigenvalue weighted by atomic mass is 32.1. The van der Waals surface area contributed by atoms with Crippen LogP contribution in [0.4, 0.5) is 10.6 Å². The van der Waals surface area contributed by atoms with Gasteiger partial charge in [-0.2, -0.15) is 0 Å². The number of fused-ring (bicyclic) bond motifs is 1. The molecule has 0 saturated carbocycles. The van der Waals surface area contributed by atoms with Crippen LogP contribution < -0.4 is 10.6 Å². The van der Waals surface area contributed by atoms with Crippen molar-refractivity contribution in [2.24, 2.45) is 0 Å². The van der Waals surface area contributed by atoms with E-state index in [0.717, 1.165) is 10.5 Å². The summed E-state index contributed by atoms with van der Waals surface area (Å²) < 4.78 is 1.17. The molecule has 0 radical (unpaired) electrons. The number of hydrogen-bond acceptors (Lipinski definition) is 4. The second kappa shape index (κ2) is 6.53. The Morgan fingerprint density at radius 2 is 2.05 bits per heavy atom. The van der Waals surface area contributed by atoms with Gasteiger partial charge in [0.15, 0.2) is 0 Å². The highest BCUT2D eigenvalue weighted by molar-refractivity contribution is 7.18. The van der Waals surface area contributed by atoms with Gasteiger partial charge < -0.3 is 5.32 Å². The van der Waals surface area contributed by atoms with Crippen molar-refractivity contribution < 1.29 is 4.79 Å². The minimum absolute atomic E-state index is 0.00993. The van der Waals surface area contributed by atoms with E-state index in [1.54, 1.807) is 29.7 Å². The van der Waals surface area contributed by atoms with E-state index in [2.05, 4.69) is 26.7 Å². The van der Waals surface area contributed by atoms with Crippen molar-refractivity contribution in [2.75, 3.05) is 5.32 Å². The van der Waals surface area contributed by atoms with Crippen LogP contribution in [-0.2, 0) is 6.42 Å². The van der Waals surface area contributed by atoms with Gasteiger partial charge in [-0.1, -0.05) is 18.2 Å². The zero-order valence-corrected chi connectivity index (χ0v) is 12.9. The van der Waals surface area contributed by atoms with Gasteiger partial charge in [-0.05, 0) is 31.2 Å². The van der Waals surface area contributed by atoms with Crippen LogP contribution in [0.15, 0.2) is 48.7 Å². The zero-order valence-electron chi connectivity index (χ0n) is 12.1. The topological polar surface area (TPSA) is 66.9 Å². The molecule has 0 aliphatic heterocycles. The molecule has 5 nitrogen and oxygen atoms in total. The van der Waals surface area contributed by atoms with Crippen molar-refractivity contribution in [1.29, 1.82) is 0 Å². The predicted molar refractivity (Wildman–Crippen MR) is 89.2 cm³/mol. The minimum Gasteiger partial charge on any atom is -0.335 e. The van der Waals surface area contributed by atoms with Crippen LogP contribution in [-0.4, -0.2) is 22.0 Å². The number of urea groups is 1. The molecule has 1 unspecified atom stereocenters. The third kappa shape index (κ3) is 3.59. The summed E-state index contributed by atoms with van der Waals surface area (Å²) in [6, 6.07) is 13.2. The lowest BCUT2D eigenvalue weighted by molar-refractivity contribution is 0.249. The minimum atomic E-state index is -0.257. The molecule has 6 heteroatoms.